The van der Waals surface area contributed by atoms with Crippen LogP contribution in [0.25, 0.3) is 0 Å². The smallest absolute Gasteiger partial charge is 0.326 e. The van der Waals surface area contributed by atoms with Crippen LogP contribution in [0.3, 0.4) is 0 Å². The van der Waals surface area contributed by atoms with Crippen molar-refractivity contribution in [1.82, 2.24) is 5.32 Å². The summed E-state index contributed by atoms with van der Waals surface area (Å²) >= 11 is 0. The lowest BCUT2D eigenvalue weighted by Crippen LogP contribution is -2.42. The van der Waals surface area contributed by atoms with Gasteiger partial charge < -0.3 is 10.4 Å². The van der Waals surface area contributed by atoms with E-state index >= 15 is 0 Å². The number of hydrogen-bond donors (Lipinski definition) is 2. The highest BCUT2D eigenvalue weighted by atomic mass is 16.4. The molecule has 1 saturated carbocycles. The largest absolute Gasteiger partial charge is 0.480 e. The lowest BCUT2D eigenvalue weighted by atomic mass is 9.86. The van der Waals surface area contributed by atoms with E-state index in [0.717, 1.165) is 12.0 Å². The molecule has 0 spiro atoms. The maximum Gasteiger partial charge on any atom is 0.326 e. The fourth-order valence-electron chi connectivity index (χ4n) is 3.13. The summed E-state index contributed by atoms with van der Waals surface area (Å²) in [5.74, 6) is -0.485. The molecule has 1 aliphatic rings. The molecule has 1 aromatic carbocycles. The van der Waals surface area contributed by atoms with Crippen molar-refractivity contribution in [3.63, 3.8) is 0 Å². The second-order valence-electron chi connectivity index (χ2n) is 6.19. The molecule has 2 rings (SSSR count). The van der Waals surface area contributed by atoms with E-state index in [1.165, 1.54) is 32.1 Å². The normalized spacial score (nSPS) is 16.9. The fraction of sp³-hybridized carbons (Fsp3) is 0.556. The van der Waals surface area contributed by atoms with Crippen molar-refractivity contribution in [1.29, 1.82) is 0 Å². The Morgan fingerprint density at radius 2 is 1.82 bits per heavy atom. The van der Waals surface area contributed by atoms with Gasteiger partial charge in [0.25, 0.3) is 0 Å². The first-order chi connectivity index (χ1) is 10.6. The third-order valence-corrected chi connectivity index (χ3v) is 4.42. The van der Waals surface area contributed by atoms with E-state index < -0.39 is 12.0 Å². The van der Waals surface area contributed by atoms with Crippen molar-refractivity contribution in [2.24, 2.45) is 5.92 Å². The van der Waals surface area contributed by atoms with Crippen LogP contribution in [0.5, 0.6) is 0 Å². The van der Waals surface area contributed by atoms with Gasteiger partial charge in [-0.2, -0.15) is 0 Å². The molecule has 0 saturated heterocycles. The standard InChI is InChI=1S/C18H25NO3/c20-17(12-11-14-7-3-1-4-8-14)19-16(18(21)22)13-15-9-5-2-6-10-15/h2,5-6,9-10,14,16H,1,3-4,7-8,11-13H2,(H,19,20)(H,21,22)/t16-/m1/s1. The van der Waals surface area contributed by atoms with E-state index in [1.54, 1.807) is 0 Å². The van der Waals surface area contributed by atoms with Crippen molar-refractivity contribution in [2.75, 3.05) is 0 Å². The van der Waals surface area contributed by atoms with Gasteiger partial charge in [-0.25, -0.2) is 4.79 Å². The Bertz CT molecular complexity index is 480. The number of amides is 1. The Morgan fingerprint density at radius 3 is 2.45 bits per heavy atom. The van der Waals surface area contributed by atoms with Crippen LogP contribution in [0, 0.1) is 5.92 Å². The molecular weight excluding hydrogens is 278 g/mol. The zero-order valence-electron chi connectivity index (χ0n) is 13.0. The first-order valence-corrected chi connectivity index (χ1v) is 8.21. The summed E-state index contributed by atoms with van der Waals surface area (Å²) in [6.45, 7) is 0. The van der Waals surface area contributed by atoms with Gasteiger partial charge in [-0.3, -0.25) is 4.79 Å². The van der Waals surface area contributed by atoms with Crippen LogP contribution in [0.2, 0.25) is 0 Å². The quantitative estimate of drug-likeness (QED) is 0.813. The van der Waals surface area contributed by atoms with Crippen LogP contribution < -0.4 is 5.32 Å². The number of nitrogens with one attached hydrogen (secondary N) is 1. The molecule has 0 radical (unpaired) electrons. The van der Waals surface area contributed by atoms with Gasteiger partial charge >= 0.3 is 5.97 Å². The summed E-state index contributed by atoms with van der Waals surface area (Å²) < 4.78 is 0. The number of aliphatic carboxylic acids is 1. The van der Waals surface area contributed by atoms with Gasteiger partial charge in [0.1, 0.15) is 6.04 Å². The van der Waals surface area contributed by atoms with Gasteiger partial charge in [-0.05, 0) is 17.9 Å². The van der Waals surface area contributed by atoms with Crippen molar-refractivity contribution < 1.29 is 14.7 Å². The molecule has 4 nitrogen and oxygen atoms in total. The Labute approximate surface area is 131 Å². The maximum absolute atomic E-state index is 12.0. The number of carboxylic acid groups (broad SMARTS) is 1. The number of rotatable bonds is 7. The van der Waals surface area contributed by atoms with Crippen LogP contribution in [0.1, 0.15) is 50.5 Å². The highest BCUT2D eigenvalue weighted by Crippen LogP contribution is 2.27. The van der Waals surface area contributed by atoms with Crippen LogP contribution >= 0.6 is 0 Å². The number of benzene rings is 1. The summed E-state index contributed by atoms with van der Waals surface area (Å²) in [5, 5.41) is 12.0. The molecule has 120 valence electrons. The second-order valence-corrected chi connectivity index (χ2v) is 6.19. The van der Waals surface area contributed by atoms with Crippen molar-refractivity contribution in [3.05, 3.63) is 35.9 Å². The topological polar surface area (TPSA) is 66.4 Å². The number of carbonyl (C=O) groups is 2. The number of carbonyl (C=O) groups excluding carboxylic acids is 1. The SMILES string of the molecule is O=C(CCC1CCCCC1)N[C@H](Cc1ccccc1)C(=O)O. The van der Waals surface area contributed by atoms with Gasteiger partial charge in [0, 0.05) is 12.8 Å². The predicted octanol–water partition coefficient (Wildman–Crippen LogP) is 3.16. The fourth-order valence-corrected chi connectivity index (χ4v) is 3.13. The van der Waals surface area contributed by atoms with E-state index in [2.05, 4.69) is 5.32 Å². The monoisotopic (exact) mass is 303 g/mol. The van der Waals surface area contributed by atoms with Gasteiger partial charge in [-0.1, -0.05) is 62.4 Å². The van der Waals surface area contributed by atoms with Crippen molar-refractivity contribution >= 4 is 11.9 Å². The molecule has 1 amide bonds. The molecule has 0 unspecified atom stereocenters. The third-order valence-electron chi connectivity index (χ3n) is 4.42. The minimum absolute atomic E-state index is 0.145. The summed E-state index contributed by atoms with van der Waals surface area (Å²) in [6, 6.07) is 8.55. The lowest BCUT2D eigenvalue weighted by Gasteiger charge is -2.21. The molecule has 0 bridgehead atoms. The molecule has 1 fully saturated rings. The van der Waals surface area contributed by atoms with E-state index in [1.807, 2.05) is 30.3 Å². The van der Waals surface area contributed by atoms with Crippen LogP contribution in [0.4, 0.5) is 0 Å². The molecule has 22 heavy (non-hydrogen) atoms. The van der Waals surface area contributed by atoms with Crippen LogP contribution in [0.15, 0.2) is 30.3 Å². The maximum atomic E-state index is 12.0. The molecule has 4 heteroatoms. The van der Waals surface area contributed by atoms with Crippen LogP contribution in [-0.4, -0.2) is 23.0 Å². The summed E-state index contributed by atoms with van der Waals surface area (Å²) in [4.78, 5) is 23.3. The van der Waals surface area contributed by atoms with E-state index in [4.69, 9.17) is 0 Å². The zero-order valence-corrected chi connectivity index (χ0v) is 13.0. The second kappa shape index (κ2) is 8.57. The zero-order chi connectivity index (χ0) is 15.8. The molecular formula is C18H25NO3. The van der Waals surface area contributed by atoms with Gasteiger partial charge in [0.05, 0.1) is 0 Å². The van der Waals surface area contributed by atoms with Gasteiger partial charge in [-0.15, -0.1) is 0 Å². The first kappa shape index (κ1) is 16.5. The van der Waals surface area contributed by atoms with Crippen LogP contribution in [-0.2, 0) is 16.0 Å². The molecule has 1 atom stereocenters. The van der Waals surface area contributed by atoms with E-state index in [0.29, 0.717) is 18.8 Å². The summed E-state index contributed by atoms with van der Waals surface area (Å²) in [5.41, 5.74) is 0.919. The highest BCUT2D eigenvalue weighted by Gasteiger charge is 2.21. The third kappa shape index (κ3) is 5.51. The Kier molecular flexibility index (Phi) is 6.44. The molecule has 0 aliphatic heterocycles. The Morgan fingerprint density at radius 1 is 1.14 bits per heavy atom. The predicted molar refractivity (Wildman–Crippen MR) is 85.5 cm³/mol. The van der Waals surface area contributed by atoms with E-state index in [-0.39, 0.29) is 5.91 Å². The number of carboxylic acids is 1. The average Bonchev–Trinajstić information content (AvgIpc) is 2.54. The van der Waals surface area contributed by atoms with Gasteiger partial charge in [0.15, 0.2) is 0 Å². The minimum Gasteiger partial charge on any atom is -0.480 e. The molecule has 2 N–H and O–H groups in total. The van der Waals surface area contributed by atoms with Gasteiger partial charge in [0.2, 0.25) is 5.91 Å². The molecule has 1 aliphatic carbocycles. The highest BCUT2D eigenvalue weighted by molar-refractivity contribution is 5.83. The Hall–Kier alpha value is -1.84. The molecule has 0 heterocycles. The molecule has 1 aromatic rings. The first-order valence-electron chi connectivity index (χ1n) is 8.21. The minimum atomic E-state index is -0.977. The molecule has 0 aromatic heterocycles. The lowest BCUT2D eigenvalue weighted by molar-refractivity contribution is -0.141. The van der Waals surface area contributed by atoms with Crippen molar-refractivity contribution in [2.45, 2.75) is 57.4 Å². The number of hydrogen-bond acceptors (Lipinski definition) is 2. The van der Waals surface area contributed by atoms with E-state index in [9.17, 15) is 14.7 Å². The Balaban J connectivity index is 1.79. The summed E-state index contributed by atoms with van der Waals surface area (Å²) in [6.07, 6.45) is 7.88. The average molecular weight is 303 g/mol. The summed E-state index contributed by atoms with van der Waals surface area (Å²) in [7, 11) is 0. The van der Waals surface area contributed by atoms with Crippen molar-refractivity contribution in [3.8, 4) is 0 Å².